The fourth-order valence-corrected chi connectivity index (χ4v) is 2.48. The van der Waals surface area contributed by atoms with Gasteiger partial charge in [0.05, 0.1) is 4.92 Å². The van der Waals surface area contributed by atoms with Crippen molar-refractivity contribution in [1.82, 2.24) is 4.98 Å². The van der Waals surface area contributed by atoms with E-state index in [1.54, 1.807) is 0 Å². The van der Waals surface area contributed by atoms with E-state index in [-0.39, 0.29) is 5.69 Å². The Hall–Kier alpha value is -1.20. The first-order valence-electron chi connectivity index (χ1n) is 3.78. The number of pyridine rings is 1. The molecule has 0 saturated carbocycles. The number of halogens is 1. The molecule has 72 valence electrons. The third-order valence-electron chi connectivity index (χ3n) is 1.81. The van der Waals surface area contributed by atoms with Gasteiger partial charge in [0.15, 0.2) is 0 Å². The van der Waals surface area contributed by atoms with Crippen molar-refractivity contribution in [1.29, 1.82) is 0 Å². The highest BCUT2D eigenvalue weighted by Crippen LogP contribution is 2.35. The van der Waals surface area contributed by atoms with E-state index in [9.17, 15) is 10.1 Å². The Morgan fingerprint density at radius 1 is 1.64 bits per heavy atom. The standard InChI is InChI=1S/C8H5ClN2O2S/c1-4-2-5-7(14-4)6(11(12)13)3-10-8(5)9/h2-3H,1H3. The summed E-state index contributed by atoms with van der Waals surface area (Å²) < 4.78 is 0.590. The maximum absolute atomic E-state index is 10.7. The van der Waals surface area contributed by atoms with Gasteiger partial charge in [-0.15, -0.1) is 11.3 Å². The summed E-state index contributed by atoms with van der Waals surface area (Å²) in [6.07, 6.45) is 1.20. The zero-order valence-corrected chi connectivity index (χ0v) is 8.72. The molecule has 0 aliphatic heterocycles. The monoisotopic (exact) mass is 228 g/mol. The lowest BCUT2D eigenvalue weighted by Crippen LogP contribution is -1.89. The van der Waals surface area contributed by atoms with Crippen LogP contribution in [0, 0.1) is 17.0 Å². The van der Waals surface area contributed by atoms with Gasteiger partial charge >= 0.3 is 5.69 Å². The average molecular weight is 229 g/mol. The molecule has 2 rings (SSSR count). The van der Waals surface area contributed by atoms with Crippen LogP contribution in [-0.4, -0.2) is 9.91 Å². The molecule has 0 aliphatic rings. The summed E-state index contributed by atoms with van der Waals surface area (Å²) in [4.78, 5) is 15.0. The Morgan fingerprint density at radius 2 is 2.36 bits per heavy atom. The first-order chi connectivity index (χ1) is 6.59. The molecule has 0 aromatic carbocycles. The third kappa shape index (κ3) is 1.34. The molecule has 2 aromatic rings. The summed E-state index contributed by atoms with van der Waals surface area (Å²) in [5, 5.41) is 11.6. The van der Waals surface area contributed by atoms with Crippen LogP contribution < -0.4 is 0 Å². The van der Waals surface area contributed by atoms with E-state index in [1.165, 1.54) is 17.5 Å². The number of nitro groups is 1. The number of aromatic nitrogens is 1. The van der Waals surface area contributed by atoms with Gasteiger partial charge < -0.3 is 0 Å². The normalized spacial score (nSPS) is 10.7. The van der Waals surface area contributed by atoms with E-state index < -0.39 is 4.92 Å². The second-order valence-electron chi connectivity index (χ2n) is 2.79. The van der Waals surface area contributed by atoms with Gasteiger partial charge in [-0.2, -0.15) is 0 Å². The molecule has 0 amide bonds. The van der Waals surface area contributed by atoms with Crippen molar-refractivity contribution in [2.75, 3.05) is 0 Å². The van der Waals surface area contributed by atoms with E-state index in [1.807, 2.05) is 13.0 Å². The number of hydrogen-bond donors (Lipinski definition) is 0. The van der Waals surface area contributed by atoms with Gasteiger partial charge in [0.1, 0.15) is 16.0 Å². The molecule has 0 fully saturated rings. The van der Waals surface area contributed by atoms with Crippen LogP contribution in [0.4, 0.5) is 5.69 Å². The Labute approximate surface area is 88.3 Å². The molecule has 0 aliphatic carbocycles. The summed E-state index contributed by atoms with van der Waals surface area (Å²) in [7, 11) is 0. The van der Waals surface area contributed by atoms with Crippen LogP contribution in [-0.2, 0) is 0 Å². The predicted molar refractivity (Wildman–Crippen MR) is 56.0 cm³/mol. The SMILES string of the molecule is Cc1cc2c(Cl)ncc([N+](=O)[O-])c2s1. The first-order valence-corrected chi connectivity index (χ1v) is 4.98. The second-order valence-corrected chi connectivity index (χ2v) is 4.41. The number of aryl methyl sites for hydroxylation is 1. The minimum absolute atomic E-state index is 0.0162. The van der Waals surface area contributed by atoms with Crippen molar-refractivity contribution in [3.05, 3.63) is 32.4 Å². The molecule has 4 nitrogen and oxygen atoms in total. The molecule has 0 unspecified atom stereocenters. The van der Waals surface area contributed by atoms with Crippen molar-refractivity contribution >= 4 is 38.7 Å². The molecule has 0 atom stereocenters. The Morgan fingerprint density at radius 3 is 3.00 bits per heavy atom. The first kappa shape index (κ1) is 9.36. The van der Waals surface area contributed by atoms with Crippen LogP contribution in [0.25, 0.3) is 10.1 Å². The molecule has 14 heavy (non-hydrogen) atoms. The lowest BCUT2D eigenvalue weighted by molar-refractivity contribution is -0.383. The highest BCUT2D eigenvalue weighted by Gasteiger charge is 2.16. The zero-order valence-electron chi connectivity index (χ0n) is 7.15. The molecule has 0 saturated heterocycles. The molecule has 0 N–H and O–H groups in total. The average Bonchev–Trinajstić information content (AvgIpc) is 2.47. The fraction of sp³-hybridized carbons (Fsp3) is 0.125. The van der Waals surface area contributed by atoms with E-state index >= 15 is 0 Å². The van der Waals surface area contributed by atoms with Crippen LogP contribution in [0.3, 0.4) is 0 Å². The van der Waals surface area contributed by atoms with E-state index in [0.717, 1.165) is 4.88 Å². The van der Waals surface area contributed by atoms with Gasteiger partial charge in [0, 0.05) is 10.3 Å². The molecule has 0 spiro atoms. The predicted octanol–water partition coefficient (Wildman–Crippen LogP) is 3.17. The number of nitrogens with zero attached hydrogens (tertiary/aromatic N) is 2. The molecule has 6 heteroatoms. The number of hydrogen-bond acceptors (Lipinski definition) is 4. The molecular formula is C8H5ClN2O2S. The van der Waals surface area contributed by atoms with Crippen molar-refractivity contribution in [2.24, 2.45) is 0 Å². The summed E-state index contributed by atoms with van der Waals surface area (Å²) in [6, 6.07) is 1.81. The fourth-order valence-electron chi connectivity index (χ4n) is 1.23. The largest absolute Gasteiger partial charge is 0.305 e. The number of thiophene rings is 1. The van der Waals surface area contributed by atoms with Gasteiger partial charge in [-0.05, 0) is 13.0 Å². The van der Waals surface area contributed by atoms with E-state index in [0.29, 0.717) is 15.2 Å². The van der Waals surface area contributed by atoms with Gasteiger partial charge in [0.2, 0.25) is 0 Å². The smallest absolute Gasteiger partial charge is 0.258 e. The summed E-state index contributed by atoms with van der Waals surface area (Å²) in [5.41, 5.74) is 0.0162. The van der Waals surface area contributed by atoms with Crippen molar-refractivity contribution in [3.8, 4) is 0 Å². The third-order valence-corrected chi connectivity index (χ3v) is 3.18. The van der Waals surface area contributed by atoms with Crippen LogP contribution in [0.15, 0.2) is 12.3 Å². The van der Waals surface area contributed by atoms with Crippen molar-refractivity contribution in [2.45, 2.75) is 6.92 Å². The molecule has 0 bridgehead atoms. The lowest BCUT2D eigenvalue weighted by atomic mass is 10.3. The lowest BCUT2D eigenvalue weighted by Gasteiger charge is -1.93. The minimum Gasteiger partial charge on any atom is -0.258 e. The van der Waals surface area contributed by atoms with Crippen LogP contribution in [0.1, 0.15) is 4.88 Å². The second kappa shape index (κ2) is 3.18. The summed E-state index contributed by atoms with van der Waals surface area (Å²) in [6.45, 7) is 1.88. The van der Waals surface area contributed by atoms with Crippen molar-refractivity contribution < 1.29 is 4.92 Å². The van der Waals surface area contributed by atoms with Crippen LogP contribution >= 0.6 is 22.9 Å². The number of rotatable bonds is 1. The number of fused-ring (bicyclic) bond motifs is 1. The van der Waals surface area contributed by atoms with Gasteiger partial charge in [-0.1, -0.05) is 11.6 Å². The maximum atomic E-state index is 10.7. The summed E-state index contributed by atoms with van der Waals surface area (Å²) in [5.74, 6) is 0. The molecular weight excluding hydrogens is 224 g/mol. The van der Waals surface area contributed by atoms with Gasteiger partial charge in [-0.3, -0.25) is 10.1 Å². The molecule has 2 aromatic heterocycles. The minimum atomic E-state index is -0.443. The Balaban J connectivity index is 2.87. The van der Waals surface area contributed by atoms with E-state index in [4.69, 9.17) is 11.6 Å². The topological polar surface area (TPSA) is 56.0 Å². The van der Waals surface area contributed by atoms with Gasteiger partial charge in [-0.25, -0.2) is 4.98 Å². The molecule has 0 radical (unpaired) electrons. The van der Waals surface area contributed by atoms with Gasteiger partial charge in [0.25, 0.3) is 0 Å². The zero-order chi connectivity index (χ0) is 10.3. The Bertz CT molecular complexity index is 523. The highest BCUT2D eigenvalue weighted by atomic mass is 35.5. The Kier molecular flexibility index (Phi) is 2.13. The maximum Gasteiger partial charge on any atom is 0.305 e. The highest BCUT2D eigenvalue weighted by molar-refractivity contribution is 7.19. The van der Waals surface area contributed by atoms with Crippen LogP contribution in [0.5, 0.6) is 0 Å². The van der Waals surface area contributed by atoms with Crippen LogP contribution in [0.2, 0.25) is 5.15 Å². The molecule has 2 heterocycles. The quantitative estimate of drug-likeness (QED) is 0.428. The van der Waals surface area contributed by atoms with Crippen molar-refractivity contribution in [3.63, 3.8) is 0 Å². The summed E-state index contributed by atoms with van der Waals surface area (Å²) >= 11 is 7.18. The van der Waals surface area contributed by atoms with E-state index in [2.05, 4.69) is 4.98 Å².